The van der Waals surface area contributed by atoms with E-state index in [1.165, 1.54) is 5.01 Å². The number of carbonyl (C=O) groups excluding carboxylic acids is 3. The number of imide groups is 1. The summed E-state index contributed by atoms with van der Waals surface area (Å²) >= 11 is 1.54. The standard InChI is InChI=1S/C23H26N4O5S/c1-4-6-15-22(29)26(23(30)24-15)13-21(28)27-17(12-16(25-27)20-7-5-10-33-20)14-8-9-18(31-2)19(11-14)32-3/h5,7-11,15,17H,4,6,12-13H2,1-3H3,(H,24,30). The van der Waals surface area contributed by atoms with E-state index >= 15 is 0 Å². The van der Waals surface area contributed by atoms with Crippen molar-refractivity contribution >= 4 is 34.9 Å². The van der Waals surface area contributed by atoms with Crippen LogP contribution in [0.4, 0.5) is 4.79 Å². The minimum atomic E-state index is -0.583. The number of hydrogen-bond donors (Lipinski definition) is 1. The third kappa shape index (κ3) is 4.43. The lowest BCUT2D eigenvalue weighted by Gasteiger charge is -2.24. The Morgan fingerprint density at radius 3 is 2.67 bits per heavy atom. The van der Waals surface area contributed by atoms with Gasteiger partial charge in [-0.3, -0.25) is 14.5 Å². The van der Waals surface area contributed by atoms with Crippen LogP contribution in [0.25, 0.3) is 0 Å². The van der Waals surface area contributed by atoms with Crippen LogP contribution < -0.4 is 14.8 Å². The van der Waals surface area contributed by atoms with Crippen LogP contribution in [-0.2, 0) is 9.59 Å². The van der Waals surface area contributed by atoms with Gasteiger partial charge in [0.05, 0.1) is 30.9 Å². The molecule has 0 spiro atoms. The quantitative estimate of drug-likeness (QED) is 0.598. The molecule has 1 aromatic heterocycles. The number of hydrogen-bond acceptors (Lipinski definition) is 7. The maximum atomic E-state index is 13.3. The summed E-state index contributed by atoms with van der Waals surface area (Å²) in [6.45, 7) is 1.57. The number of nitrogens with one attached hydrogen (secondary N) is 1. The van der Waals surface area contributed by atoms with Gasteiger partial charge in [-0.1, -0.05) is 25.5 Å². The Bertz CT molecular complexity index is 1080. The van der Waals surface area contributed by atoms with Gasteiger partial charge in [-0.05, 0) is 35.6 Å². The van der Waals surface area contributed by atoms with Gasteiger partial charge in [0.25, 0.3) is 11.8 Å². The van der Waals surface area contributed by atoms with Crippen molar-refractivity contribution in [3.05, 3.63) is 46.2 Å². The van der Waals surface area contributed by atoms with E-state index in [2.05, 4.69) is 10.4 Å². The molecule has 9 nitrogen and oxygen atoms in total. The van der Waals surface area contributed by atoms with Gasteiger partial charge in [0.1, 0.15) is 12.6 Å². The van der Waals surface area contributed by atoms with Crippen LogP contribution in [0.2, 0.25) is 0 Å². The largest absolute Gasteiger partial charge is 0.493 e. The van der Waals surface area contributed by atoms with E-state index in [9.17, 15) is 14.4 Å². The Labute approximate surface area is 196 Å². The van der Waals surface area contributed by atoms with Gasteiger partial charge >= 0.3 is 6.03 Å². The Morgan fingerprint density at radius 1 is 1.21 bits per heavy atom. The van der Waals surface area contributed by atoms with Gasteiger partial charge in [-0.25, -0.2) is 9.80 Å². The summed E-state index contributed by atoms with van der Waals surface area (Å²) in [6.07, 6.45) is 1.79. The van der Waals surface area contributed by atoms with Gasteiger partial charge in [-0.15, -0.1) is 11.3 Å². The Morgan fingerprint density at radius 2 is 2.00 bits per heavy atom. The van der Waals surface area contributed by atoms with Crippen LogP contribution in [0.5, 0.6) is 11.5 Å². The molecule has 2 aliphatic rings. The minimum Gasteiger partial charge on any atom is -0.493 e. The zero-order chi connectivity index (χ0) is 23.5. The van der Waals surface area contributed by atoms with Crippen molar-refractivity contribution in [3.8, 4) is 11.5 Å². The number of amides is 4. The molecule has 0 aliphatic carbocycles. The summed E-state index contributed by atoms with van der Waals surface area (Å²) < 4.78 is 10.8. The molecule has 2 aliphatic heterocycles. The predicted octanol–water partition coefficient (Wildman–Crippen LogP) is 3.16. The van der Waals surface area contributed by atoms with Crippen LogP contribution in [0.15, 0.2) is 40.8 Å². The average molecular weight is 471 g/mol. The lowest BCUT2D eigenvalue weighted by Crippen LogP contribution is -2.41. The SMILES string of the molecule is CCCC1NC(=O)N(CC(=O)N2N=C(c3cccs3)CC2c2ccc(OC)c(OC)c2)C1=O. The Kier molecular flexibility index (Phi) is 6.64. The third-order valence-corrected chi connectivity index (χ3v) is 6.66. The number of hydrazone groups is 1. The molecule has 2 atom stereocenters. The molecule has 33 heavy (non-hydrogen) atoms. The number of ether oxygens (including phenoxy) is 2. The van der Waals surface area contributed by atoms with Crippen molar-refractivity contribution in [2.45, 2.75) is 38.3 Å². The van der Waals surface area contributed by atoms with Crippen molar-refractivity contribution in [1.29, 1.82) is 0 Å². The van der Waals surface area contributed by atoms with Gasteiger partial charge in [0.15, 0.2) is 11.5 Å². The minimum absolute atomic E-state index is 0.365. The zero-order valence-corrected chi connectivity index (χ0v) is 19.6. The summed E-state index contributed by atoms with van der Waals surface area (Å²) in [6, 6.07) is 7.83. The maximum Gasteiger partial charge on any atom is 0.325 e. The average Bonchev–Trinajstić information content (AvgIpc) is 3.55. The first-order valence-corrected chi connectivity index (χ1v) is 11.6. The third-order valence-electron chi connectivity index (χ3n) is 5.74. The Balaban J connectivity index is 1.62. The van der Waals surface area contributed by atoms with Gasteiger partial charge < -0.3 is 14.8 Å². The first kappa shape index (κ1) is 22.8. The van der Waals surface area contributed by atoms with E-state index in [1.54, 1.807) is 31.6 Å². The number of carbonyl (C=O) groups is 3. The summed E-state index contributed by atoms with van der Waals surface area (Å²) in [5.74, 6) is 0.322. The van der Waals surface area contributed by atoms with E-state index < -0.39 is 24.0 Å². The molecule has 1 saturated heterocycles. The molecule has 4 amide bonds. The number of methoxy groups -OCH3 is 2. The van der Waals surface area contributed by atoms with E-state index in [4.69, 9.17) is 9.47 Å². The van der Waals surface area contributed by atoms with Crippen LogP contribution >= 0.6 is 11.3 Å². The molecule has 1 N–H and O–H groups in total. The number of nitrogens with zero attached hydrogens (tertiary/aromatic N) is 3. The second kappa shape index (κ2) is 9.62. The number of thiophene rings is 1. The van der Waals surface area contributed by atoms with Crippen LogP contribution in [-0.4, -0.2) is 60.3 Å². The molecule has 10 heteroatoms. The second-order valence-corrected chi connectivity index (χ2v) is 8.76. The molecular weight excluding hydrogens is 444 g/mol. The number of rotatable bonds is 8. The highest BCUT2D eigenvalue weighted by Gasteiger charge is 2.41. The molecule has 1 fully saturated rings. The highest BCUT2D eigenvalue weighted by molar-refractivity contribution is 7.12. The van der Waals surface area contributed by atoms with Crippen LogP contribution in [0.3, 0.4) is 0 Å². The molecule has 3 heterocycles. The van der Waals surface area contributed by atoms with Crippen molar-refractivity contribution in [1.82, 2.24) is 15.2 Å². The predicted molar refractivity (Wildman–Crippen MR) is 124 cm³/mol. The first-order valence-electron chi connectivity index (χ1n) is 10.7. The summed E-state index contributed by atoms with van der Waals surface area (Å²) in [5.41, 5.74) is 1.59. The summed E-state index contributed by atoms with van der Waals surface area (Å²) in [4.78, 5) is 40.2. The van der Waals surface area contributed by atoms with E-state index in [-0.39, 0.29) is 12.5 Å². The molecule has 0 bridgehead atoms. The van der Waals surface area contributed by atoms with E-state index in [0.29, 0.717) is 24.3 Å². The van der Waals surface area contributed by atoms with Gasteiger partial charge in [0.2, 0.25) is 0 Å². The lowest BCUT2D eigenvalue weighted by molar-refractivity contribution is -0.138. The molecule has 1 aromatic carbocycles. The van der Waals surface area contributed by atoms with Crippen molar-refractivity contribution in [2.24, 2.45) is 5.10 Å². The van der Waals surface area contributed by atoms with Crippen LogP contribution in [0, 0.1) is 0 Å². The monoisotopic (exact) mass is 470 g/mol. The molecule has 2 unspecified atom stereocenters. The van der Waals surface area contributed by atoms with E-state index in [0.717, 1.165) is 27.5 Å². The fourth-order valence-electron chi connectivity index (χ4n) is 4.07. The molecule has 2 aromatic rings. The smallest absolute Gasteiger partial charge is 0.325 e. The number of benzene rings is 1. The first-order chi connectivity index (χ1) is 16.0. The summed E-state index contributed by atoms with van der Waals surface area (Å²) in [7, 11) is 3.11. The molecule has 174 valence electrons. The summed E-state index contributed by atoms with van der Waals surface area (Å²) in [5, 5.41) is 10.6. The molecule has 0 saturated carbocycles. The molecular formula is C23H26N4O5S. The fraction of sp³-hybridized carbons (Fsp3) is 0.391. The number of urea groups is 1. The normalized spacial score (nSPS) is 20.2. The van der Waals surface area contributed by atoms with Crippen LogP contribution in [0.1, 0.15) is 42.7 Å². The fourth-order valence-corrected chi connectivity index (χ4v) is 4.79. The topological polar surface area (TPSA) is 101 Å². The zero-order valence-electron chi connectivity index (χ0n) is 18.7. The maximum absolute atomic E-state index is 13.3. The molecule has 0 radical (unpaired) electrons. The molecule has 4 rings (SSSR count). The Hall–Kier alpha value is -3.40. The van der Waals surface area contributed by atoms with Crippen molar-refractivity contribution in [3.63, 3.8) is 0 Å². The van der Waals surface area contributed by atoms with Crippen molar-refractivity contribution in [2.75, 3.05) is 20.8 Å². The van der Waals surface area contributed by atoms with E-state index in [1.807, 2.05) is 36.6 Å². The van der Waals surface area contributed by atoms with Gasteiger partial charge in [0, 0.05) is 6.42 Å². The van der Waals surface area contributed by atoms with Crippen molar-refractivity contribution < 1.29 is 23.9 Å². The second-order valence-electron chi connectivity index (χ2n) is 7.81. The lowest BCUT2D eigenvalue weighted by atomic mass is 10.0. The van der Waals surface area contributed by atoms with Gasteiger partial charge in [-0.2, -0.15) is 5.10 Å². The highest BCUT2D eigenvalue weighted by atomic mass is 32.1. The highest BCUT2D eigenvalue weighted by Crippen LogP contribution is 2.38.